The molecule has 3 rings (SSSR count). The molecule has 2 saturated heterocycles. The average Bonchev–Trinajstić information content (AvgIpc) is 2.87. The van der Waals surface area contributed by atoms with Gasteiger partial charge in [-0.15, -0.1) is 24.2 Å². The Morgan fingerprint density at radius 1 is 1.43 bits per heavy atom. The van der Waals surface area contributed by atoms with E-state index < -0.39 is 0 Å². The monoisotopic (exact) mass is 355 g/mol. The van der Waals surface area contributed by atoms with Gasteiger partial charge in [0.15, 0.2) is 0 Å². The Kier molecular flexibility index (Phi) is 6.33. The third kappa shape index (κ3) is 4.19. The summed E-state index contributed by atoms with van der Waals surface area (Å²) in [4.78, 5) is 27.3. The molecule has 0 radical (unpaired) electrons. The molecule has 0 bridgehead atoms. The van der Waals surface area contributed by atoms with E-state index >= 15 is 0 Å². The smallest absolute Gasteiger partial charge is 0.227 e. The van der Waals surface area contributed by atoms with Gasteiger partial charge in [0.2, 0.25) is 11.8 Å². The maximum Gasteiger partial charge on any atom is 0.227 e. The third-order valence-corrected chi connectivity index (χ3v) is 5.02. The van der Waals surface area contributed by atoms with Crippen LogP contribution in [0.25, 0.3) is 0 Å². The Labute approximate surface area is 147 Å². The van der Waals surface area contributed by atoms with Crippen LogP contribution in [0, 0.1) is 11.8 Å². The van der Waals surface area contributed by atoms with Crippen molar-refractivity contribution in [3.05, 3.63) is 24.3 Å². The van der Waals surface area contributed by atoms with E-state index in [0.29, 0.717) is 25.4 Å². The van der Waals surface area contributed by atoms with Gasteiger partial charge in [-0.25, -0.2) is 0 Å². The predicted octanol–water partition coefficient (Wildman–Crippen LogP) is 1.52. The van der Waals surface area contributed by atoms with E-state index in [9.17, 15) is 9.59 Å². The van der Waals surface area contributed by atoms with E-state index in [4.69, 9.17) is 0 Å². The zero-order chi connectivity index (χ0) is 15.5. The second kappa shape index (κ2) is 8.04. The van der Waals surface area contributed by atoms with Gasteiger partial charge in [0, 0.05) is 49.1 Å². The van der Waals surface area contributed by atoms with Crippen molar-refractivity contribution in [1.29, 1.82) is 0 Å². The number of hydrogen-bond donors (Lipinski definition) is 2. The fraction of sp³-hybridized carbons (Fsp3) is 0.500. The number of anilines is 1. The Morgan fingerprint density at radius 2 is 2.22 bits per heavy atom. The molecule has 0 spiro atoms. The van der Waals surface area contributed by atoms with Crippen LogP contribution in [0.2, 0.25) is 0 Å². The highest BCUT2D eigenvalue weighted by Crippen LogP contribution is 2.28. The largest absolute Gasteiger partial charge is 0.355 e. The van der Waals surface area contributed by atoms with Crippen LogP contribution in [-0.2, 0) is 9.59 Å². The molecule has 2 heterocycles. The van der Waals surface area contributed by atoms with Crippen molar-refractivity contribution in [2.24, 2.45) is 11.8 Å². The number of nitrogens with zero attached hydrogens (tertiary/aromatic N) is 1. The highest BCUT2D eigenvalue weighted by atomic mass is 35.5. The van der Waals surface area contributed by atoms with Crippen molar-refractivity contribution in [2.75, 3.05) is 37.3 Å². The summed E-state index contributed by atoms with van der Waals surface area (Å²) >= 11 is 1.65. The van der Waals surface area contributed by atoms with Gasteiger partial charge >= 0.3 is 0 Å². The molecule has 2 aliphatic heterocycles. The quantitative estimate of drug-likeness (QED) is 0.786. The van der Waals surface area contributed by atoms with Crippen molar-refractivity contribution in [3.63, 3.8) is 0 Å². The molecule has 7 heteroatoms. The highest BCUT2D eigenvalue weighted by molar-refractivity contribution is 7.98. The van der Waals surface area contributed by atoms with Crippen LogP contribution in [0.4, 0.5) is 5.69 Å². The predicted molar refractivity (Wildman–Crippen MR) is 95.3 cm³/mol. The number of amides is 2. The minimum absolute atomic E-state index is 0. The first-order valence-corrected chi connectivity index (χ1v) is 8.82. The second-order valence-corrected chi connectivity index (χ2v) is 6.76. The first-order valence-electron chi connectivity index (χ1n) is 7.60. The fourth-order valence-electron chi connectivity index (χ4n) is 2.79. The first kappa shape index (κ1) is 18.1. The minimum Gasteiger partial charge on any atom is -0.355 e. The van der Waals surface area contributed by atoms with E-state index in [2.05, 4.69) is 10.6 Å². The van der Waals surface area contributed by atoms with Gasteiger partial charge in [0.25, 0.3) is 0 Å². The molecule has 2 fully saturated rings. The normalized spacial score (nSPS) is 20.8. The highest BCUT2D eigenvalue weighted by Gasteiger charge is 2.35. The molecule has 1 unspecified atom stereocenters. The van der Waals surface area contributed by atoms with E-state index in [1.54, 1.807) is 16.7 Å². The topological polar surface area (TPSA) is 61.4 Å². The third-order valence-electron chi connectivity index (χ3n) is 4.29. The van der Waals surface area contributed by atoms with Crippen LogP contribution in [0.1, 0.15) is 6.42 Å². The number of hydrogen-bond acceptors (Lipinski definition) is 4. The van der Waals surface area contributed by atoms with Gasteiger partial charge in [-0.05, 0) is 24.5 Å². The van der Waals surface area contributed by atoms with Gasteiger partial charge in [0.05, 0.1) is 5.92 Å². The number of benzene rings is 1. The molecule has 126 valence electrons. The van der Waals surface area contributed by atoms with Crippen LogP contribution in [0.15, 0.2) is 29.2 Å². The summed E-state index contributed by atoms with van der Waals surface area (Å²) in [5.41, 5.74) is 0.885. The molecule has 2 N–H and O–H groups in total. The van der Waals surface area contributed by atoms with Gasteiger partial charge in [-0.2, -0.15) is 0 Å². The van der Waals surface area contributed by atoms with Crippen molar-refractivity contribution >= 4 is 41.7 Å². The molecule has 5 nitrogen and oxygen atoms in total. The van der Waals surface area contributed by atoms with Gasteiger partial charge in [0.1, 0.15) is 0 Å². The number of thioether (sulfide) groups is 1. The molecule has 0 aliphatic carbocycles. The van der Waals surface area contributed by atoms with Gasteiger partial charge < -0.3 is 15.5 Å². The molecule has 0 saturated carbocycles. The van der Waals surface area contributed by atoms with E-state index in [0.717, 1.165) is 23.7 Å². The van der Waals surface area contributed by atoms with Crippen molar-refractivity contribution in [1.82, 2.24) is 10.6 Å². The Hall–Kier alpha value is -1.24. The molecular formula is C16H22ClN3O2S. The maximum absolute atomic E-state index is 12.2. The molecule has 2 amide bonds. The SMILES string of the molecule is CSc1cccc(N2CC(C(=O)NCC3CNC3)CC2=O)c1.Cl. The average molecular weight is 356 g/mol. The Bertz CT molecular complexity index is 580. The molecule has 1 aromatic rings. The van der Waals surface area contributed by atoms with Crippen LogP contribution in [0.3, 0.4) is 0 Å². The van der Waals surface area contributed by atoms with Crippen LogP contribution in [0.5, 0.6) is 0 Å². The molecule has 23 heavy (non-hydrogen) atoms. The summed E-state index contributed by atoms with van der Waals surface area (Å²) in [6, 6.07) is 7.90. The van der Waals surface area contributed by atoms with Crippen molar-refractivity contribution < 1.29 is 9.59 Å². The van der Waals surface area contributed by atoms with E-state index in [-0.39, 0.29) is 30.1 Å². The zero-order valence-electron chi connectivity index (χ0n) is 13.1. The van der Waals surface area contributed by atoms with E-state index in [1.165, 1.54) is 0 Å². The molecule has 2 aliphatic rings. The van der Waals surface area contributed by atoms with Crippen molar-refractivity contribution in [3.8, 4) is 0 Å². The summed E-state index contributed by atoms with van der Waals surface area (Å²) in [6.45, 7) is 3.12. The summed E-state index contributed by atoms with van der Waals surface area (Å²) in [5, 5.41) is 6.16. The molecule has 1 atom stereocenters. The van der Waals surface area contributed by atoms with E-state index in [1.807, 2.05) is 30.5 Å². The summed E-state index contributed by atoms with van der Waals surface area (Å²) in [5.74, 6) is 0.335. The van der Waals surface area contributed by atoms with Crippen molar-refractivity contribution in [2.45, 2.75) is 11.3 Å². The van der Waals surface area contributed by atoms with Gasteiger partial charge in [-0.3, -0.25) is 9.59 Å². The second-order valence-electron chi connectivity index (χ2n) is 5.88. The fourth-order valence-corrected chi connectivity index (χ4v) is 3.25. The number of halogens is 1. The number of carbonyl (C=O) groups is 2. The van der Waals surface area contributed by atoms with Crippen LogP contribution >= 0.6 is 24.2 Å². The Balaban J connectivity index is 0.00000192. The number of rotatable bonds is 5. The standard InChI is InChI=1S/C16H21N3O2S.ClH/c1-22-14-4-2-3-13(6-14)19-10-12(5-15(19)20)16(21)18-9-11-7-17-8-11;/h2-4,6,11-12,17H,5,7-10H2,1H3,(H,18,21);1H. The van der Waals surface area contributed by atoms with Gasteiger partial charge in [-0.1, -0.05) is 6.07 Å². The lowest BCUT2D eigenvalue weighted by Gasteiger charge is -2.27. The molecule has 1 aromatic carbocycles. The first-order chi connectivity index (χ1) is 10.7. The Morgan fingerprint density at radius 3 is 2.87 bits per heavy atom. The summed E-state index contributed by atoms with van der Waals surface area (Å²) < 4.78 is 0. The zero-order valence-corrected chi connectivity index (χ0v) is 14.7. The number of carbonyl (C=O) groups excluding carboxylic acids is 2. The minimum atomic E-state index is -0.238. The lowest BCUT2D eigenvalue weighted by Crippen LogP contribution is -2.49. The molecule has 0 aromatic heterocycles. The number of nitrogens with one attached hydrogen (secondary N) is 2. The maximum atomic E-state index is 12.2. The summed E-state index contributed by atoms with van der Waals surface area (Å²) in [6.07, 6.45) is 2.31. The molecular weight excluding hydrogens is 334 g/mol. The lowest BCUT2D eigenvalue weighted by atomic mass is 10.0. The lowest BCUT2D eigenvalue weighted by molar-refractivity contribution is -0.126. The van der Waals surface area contributed by atoms with Crippen LogP contribution in [-0.4, -0.2) is 44.2 Å². The van der Waals surface area contributed by atoms with Crippen LogP contribution < -0.4 is 15.5 Å². The summed E-state index contributed by atoms with van der Waals surface area (Å²) in [7, 11) is 0.